The highest BCUT2D eigenvalue weighted by molar-refractivity contribution is 7.19. The van der Waals surface area contributed by atoms with E-state index in [1.807, 2.05) is 37.3 Å². The fraction of sp³-hybridized carbons (Fsp3) is 0.273. The molecule has 4 rings (SSSR count). The van der Waals surface area contributed by atoms with Gasteiger partial charge in [0.25, 0.3) is 5.91 Å². The zero-order valence-corrected chi connectivity index (χ0v) is 17.9. The Bertz CT molecular complexity index is 1140. The van der Waals surface area contributed by atoms with E-state index in [0.717, 1.165) is 38.0 Å². The first-order valence-corrected chi connectivity index (χ1v) is 10.6. The number of fused-ring (bicyclic) bond motifs is 1. The summed E-state index contributed by atoms with van der Waals surface area (Å²) in [4.78, 5) is 13.0. The second-order valence-electron chi connectivity index (χ2n) is 7.42. The van der Waals surface area contributed by atoms with Crippen LogP contribution >= 0.6 is 11.3 Å². The van der Waals surface area contributed by atoms with Crippen molar-refractivity contribution in [3.05, 3.63) is 65.5 Å². The summed E-state index contributed by atoms with van der Waals surface area (Å²) < 4.78 is 7.46. The molecule has 0 spiro atoms. The topological polar surface area (TPSA) is 81.4 Å². The van der Waals surface area contributed by atoms with Gasteiger partial charge >= 0.3 is 0 Å². The van der Waals surface area contributed by atoms with Gasteiger partial charge in [0.1, 0.15) is 17.1 Å². The Morgan fingerprint density at radius 2 is 2.00 bits per heavy atom. The number of benzene rings is 2. The lowest BCUT2D eigenvalue weighted by atomic mass is 10.0. The first kappa shape index (κ1) is 20.0. The van der Waals surface area contributed by atoms with Crippen LogP contribution in [-0.2, 0) is 11.3 Å². The van der Waals surface area contributed by atoms with Gasteiger partial charge in [-0.25, -0.2) is 0 Å². The monoisotopic (exact) mass is 421 g/mol. The second kappa shape index (κ2) is 8.62. The molecular formula is C22H23N5O2S. The van der Waals surface area contributed by atoms with Crippen LogP contribution in [0.3, 0.4) is 0 Å². The van der Waals surface area contributed by atoms with Gasteiger partial charge in [-0.3, -0.25) is 4.79 Å². The average Bonchev–Trinajstić information content (AvgIpc) is 3.33. The highest BCUT2D eigenvalue weighted by Crippen LogP contribution is 2.27. The lowest BCUT2D eigenvalue weighted by Gasteiger charge is -2.15. The molecule has 8 heteroatoms. The van der Waals surface area contributed by atoms with Crippen molar-refractivity contribution < 1.29 is 9.53 Å². The number of hydrogen-bond donors (Lipinski definition) is 1. The van der Waals surface area contributed by atoms with E-state index in [0.29, 0.717) is 12.5 Å². The molecule has 0 aliphatic carbocycles. The number of aromatic nitrogens is 4. The molecule has 0 fully saturated rings. The Morgan fingerprint density at radius 1 is 1.20 bits per heavy atom. The van der Waals surface area contributed by atoms with Gasteiger partial charge in [-0.1, -0.05) is 61.6 Å². The molecule has 2 aromatic heterocycles. The van der Waals surface area contributed by atoms with E-state index in [-0.39, 0.29) is 12.5 Å². The third-order valence-corrected chi connectivity index (χ3v) is 5.69. The van der Waals surface area contributed by atoms with Crippen molar-refractivity contribution in [2.45, 2.75) is 33.2 Å². The van der Waals surface area contributed by atoms with Crippen molar-refractivity contribution >= 4 is 22.2 Å². The third kappa shape index (κ3) is 4.49. The van der Waals surface area contributed by atoms with E-state index in [4.69, 9.17) is 4.74 Å². The minimum absolute atomic E-state index is 0.00575. The zero-order chi connectivity index (χ0) is 21.1. The van der Waals surface area contributed by atoms with Gasteiger partial charge in [-0.05, 0) is 35.6 Å². The molecule has 0 radical (unpaired) electrons. The lowest BCUT2D eigenvalue weighted by molar-refractivity contribution is -0.123. The summed E-state index contributed by atoms with van der Waals surface area (Å²) in [7, 11) is 0. The first-order chi connectivity index (χ1) is 14.5. The van der Waals surface area contributed by atoms with Gasteiger partial charge in [-0.2, -0.15) is 9.61 Å². The Hall–Kier alpha value is -3.26. The number of ether oxygens (including phenoxy) is 1. The number of carbonyl (C=O) groups excluding carboxylic acids is 1. The van der Waals surface area contributed by atoms with Crippen LogP contribution in [0.2, 0.25) is 0 Å². The minimum atomic E-state index is -0.149. The molecule has 0 saturated carbocycles. The van der Waals surface area contributed by atoms with Crippen LogP contribution in [0.25, 0.3) is 15.5 Å². The van der Waals surface area contributed by atoms with Crippen LogP contribution in [-0.4, -0.2) is 32.3 Å². The Kier molecular flexibility index (Phi) is 5.76. The highest BCUT2D eigenvalue weighted by atomic mass is 32.1. The van der Waals surface area contributed by atoms with Crippen molar-refractivity contribution in [2.75, 3.05) is 6.61 Å². The molecule has 2 heterocycles. The molecule has 4 aromatic rings. The summed E-state index contributed by atoms with van der Waals surface area (Å²) in [5.74, 6) is 0.957. The molecule has 0 aliphatic heterocycles. The van der Waals surface area contributed by atoms with Gasteiger partial charge in [0.05, 0.1) is 0 Å². The van der Waals surface area contributed by atoms with Crippen molar-refractivity contribution in [3.8, 4) is 16.3 Å². The predicted molar refractivity (Wildman–Crippen MR) is 117 cm³/mol. The van der Waals surface area contributed by atoms with Gasteiger partial charge in [0.2, 0.25) is 4.96 Å². The molecule has 1 amide bonds. The SMILES string of the molecule is Cc1ccc(C(C)C)c(OCC(=O)NCc2ccc(-c3nn4cnnc4s3)cc2)c1. The van der Waals surface area contributed by atoms with Gasteiger partial charge in [-0.15, -0.1) is 10.2 Å². The van der Waals surface area contributed by atoms with Crippen LogP contribution in [0.1, 0.15) is 36.5 Å². The molecule has 154 valence electrons. The van der Waals surface area contributed by atoms with Crippen LogP contribution in [0, 0.1) is 6.92 Å². The number of carbonyl (C=O) groups is 1. The molecule has 0 atom stereocenters. The molecule has 0 unspecified atom stereocenters. The maximum atomic E-state index is 12.3. The maximum Gasteiger partial charge on any atom is 0.258 e. The summed E-state index contributed by atoms with van der Waals surface area (Å²) in [5.41, 5.74) is 4.23. The van der Waals surface area contributed by atoms with Crippen molar-refractivity contribution in [3.63, 3.8) is 0 Å². The number of rotatable bonds is 7. The zero-order valence-electron chi connectivity index (χ0n) is 17.1. The number of amides is 1. The first-order valence-electron chi connectivity index (χ1n) is 9.76. The quantitative estimate of drug-likeness (QED) is 0.488. The van der Waals surface area contributed by atoms with Gasteiger partial charge in [0.15, 0.2) is 6.61 Å². The predicted octanol–water partition coefficient (Wildman–Crippen LogP) is 3.98. The van der Waals surface area contributed by atoms with E-state index < -0.39 is 0 Å². The van der Waals surface area contributed by atoms with Crippen LogP contribution in [0.4, 0.5) is 0 Å². The molecule has 0 aliphatic rings. The molecule has 7 nitrogen and oxygen atoms in total. The largest absolute Gasteiger partial charge is 0.483 e. The van der Waals surface area contributed by atoms with Gasteiger partial charge in [0, 0.05) is 12.1 Å². The molecule has 30 heavy (non-hydrogen) atoms. The van der Waals surface area contributed by atoms with E-state index in [9.17, 15) is 4.79 Å². The van der Waals surface area contributed by atoms with Crippen molar-refractivity contribution in [1.29, 1.82) is 0 Å². The smallest absolute Gasteiger partial charge is 0.258 e. The molecule has 0 saturated heterocycles. The van der Waals surface area contributed by atoms with E-state index in [1.54, 1.807) is 10.8 Å². The summed E-state index contributed by atoms with van der Waals surface area (Å²) in [6.45, 7) is 6.68. The van der Waals surface area contributed by atoms with Crippen molar-refractivity contribution in [2.24, 2.45) is 0 Å². The van der Waals surface area contributed by atoms with E-state index in [2.05, 4.69) is 46.6 Å². The standard InChI is InChI=1S/C22H23N5O2S/c1-14(2)18-9-4-15(3)10-19(18)29-12-20(28)23-11-16-5-7-17(8-6-16)21-26-27-13-24-25-22(27)30-21/h4-10,13-14H,11-12H2,1-3H3,(H,23,28). The fourth-order valence-corrected chi connectivity index (χ4v) is 3.91. The van der Waals surface area contributed by atoms with Crippen LogP contribution in [0.15, 0.2) is 48.8 Å². The lowest BCUT2D eigenvalue weighted by Crippen LogP contribution is -2.28. The van der Waals surface area contributed by atoms with Crippen molar-refractivity contribution in [1.82, 2.24) is 25.1 Å². The van der Waals surface area contributed by atoms with E-state index >= 15 is 0 Å². The molecule has 2 aromatic carbocycles. The number of nitrogens with one attached hydrogen (secondary N) is 1. The number of hydrogen-bond acceptors (Lipinski definition) is 6. The molecule has 1 N–H and O–H groups in total. The summed E-state index contributed by atoms with van der Waals surface area (Å²) >= 11 is 1.48. The van der Waals surface area contributed by atoms with Crippen LogP contribution < -0.4 is 10.1 Å². The van der Waals surface area contributed by atoms with Crippen LogP contribution in [0.5, 0.6) is 5.75 Å². The molecular weight excluding hydrogens is 398 g/mol. The Morgan fingerprint density at radius 3 is 2.73 bits per heavy atom. The summed E-state index contributed by atoms with van der Waals surface area (Å²) in [6, 6.07) is 14.0. The summed E-state index contributed by atoms with van der Waals surface area (Å²) in [6.07, 6.45) is 1.59. The van der Waals surface area contributed by atoms with E-state index in [1.165, 1.54) is 11.3 Å². The Labute approximate surface area is 178 Å². The normalized spacial score (nSPS) is 11.2. The number of aryl methyl sites for hydroxylation is 1. The number of nitrogens with zero attached hydrogens (tertiary/aromatic N) is 4. The highest BCUT2D eigenvalue weighted by Gasteiger charge is 2.11. The summed E-state index contributed by atoms with van der Waals surface area (Å²) in [5, 5.41) is 16.1. The Balaban J connectivity index is 1.32. The molecule has 0 bridgehead atoms. The average molecular weight is 422 g/mol. The fourth-order valence-electron chi connectivity index (χ4n) is 3.08. The van der Waals surface area contributed by atoms with Gasteiger partial charge < -0.3 is 10.1 Å². The maximum absolute atomic E-state index is 12.3. The minimum Gasteiger partial charge on any atom is -0.483 e. The third-order valence-electron chi connectivity index (χ3n) is 4.73. The second-order valence-corrected chi connectivity index (χ2v) is 8.38.